The Hall–Kier alpha value is -0.910. The van der Waals surface area contributed by atoms with Crippen LogP contribution in [0.4, 0.5) is 0 Å². The summed E-state index contributed by atoms with van der Waals surface area (Å²) in [6.07, 6.45) is 3.92. The number of sulfonamides is 1. The van der Waals surface area contributed by atoms with Crippen LogP contribution in [0, 0.1) is 5.41 Å². The van der Waals surface area contributed by atoms with Crippen LogP contribution in [-0.4, -0.2) is 14.5 Å². The molecule has 5 heteroatoms. The van der Waals surface area contributed by atoms with Gasteiger partial charge in [-0.3, -0.25) is 0 Å². The standard InChI is InChI=1S/C16H26N2O2S/c1-12(17)13-5-4-6-15(11-13)21(19,20)18-14-7-9-16(2,3)10-8-14/h4-6,11-12,14,18H,7-10,17H2,1-3H3. The minimum atomic E-state index is -3.46. The number of nitrogens with two attached hydrogens (primary N) is 1. The van der Waals surface area contributed by atoms with E-state index in [0.717, 1.165) is 31.2 Å². The van der Waals surface area contributed by atoms with Crippen LogP contribution >= 0.6 is 0 Å². The van der Waals surface area contributed by atoms with E-state index in [1.807, 2.05) is 13.0 Å². The SMILES string of the molecule is CC(N)c1cccc(S(=O)(=O)NC2CCC(C)(C)CC2)c1. The van der Waals surface area contributed by atoms with Gasteiger partial charge in [-0.05, 0) is 55.7 Å². The zero-order valence-corrected chi connectivity index (χ0v) is 13.9. The Morgan fingerprint density at radius 3 is 2.48 bits per heavy atom. The van der Waals surface area contributed by atoms with Crippen molar-refractivity contribution in [3.05, 3.63) is 29.8 Å². The van der Waals surface area contributed by atoms with E-state index in [-0.39, 0.29) is 12.1 Å². The Morgan fingerprint density at radius 1 is 1.29 bits per heavy atom. The monoisotopic (exact) mass is 310 g/mol. The number of rotatable bonds is 4. The molecule has 21 heavy (non-hydrogen) atoms. The molecule has 1 fully saturated rings. The molecular weight excluding hydrogens is 284 g/mol. The first kappa shape index (κ1) is 16.5. The van der Waals surface area contributed by atoms with Crippen LogP contribution in [-0.2, 0) is 10.0 Å². The minimum absolute atomic E-state index is 0.0435. The van der Waals surface area contributed by atoms with Gasteiger partial charge in [-0.15, -0.1) is 0 Å². The lowest BCUT2D eigenvalue weighted by molar-refractivity contribution is 0.218. The normalized spacial score (nSPS) is 21.1. The van der Waals surface area contributed by atoms with Gasteiger partial charge < -0.3 is 5.73 Å². The van der Waals surface area contributed by atoms with Crippen LogP contribution in [0.1, 0.15) is 58.1 Å². The Morgan fingerprint density at radius 2 is 1.90 bits per heavy atom. The molecule has 0 bridgehead atoms. The third-order valence-electron chi connectivity index (χ3n) is 4.36. The summed E-state index contributed by atoms with van der Waals surface area (Å²) < 4.78 is 27.8. The van der Waals surface area contributed by atoms with Gasteiger partial charge in [-0.2, -0.15) is 0 Å². The molecule has 4 nitrogen and oxygen atoms in total. The van der Waals surface area contributed by atoms with Gasteiger partial charge in [0.2, 0.25) is 10.0 Å². The summed E-state index contributed by atoms with van der Waals surface area (Å²) in [4.78, 5) is 0.308. The van der Waals surface area contributed by atoms with Crippen LogP contribution in [0.15, 0.2) is 29.2 Å². The predicted octanol–water partition coefficient (Wildman–Crippen LogP) is 2.95. The molecule has 1 aliphatic carbocycles. The number of nitrogens with one attached hydrogen (secondary N) is 1. The van der Waals surface area contributed by atoms with Crippen molar-refractivity contribution in [2.24, 2.45) is 11.1 Å². The van der Waals surface area contributed by atoms with E-state index in [0.29, 0.717) is 10.3 Å². The molecule has 0 spiro atoms. The van der Waals surface area contributed by atoms with Gasteiger partial charge in [-0.1, -0.05) is 26.0 Å². The third-order valence-corrected chi connectivity index (χ3v) is 5.87. The lowest BCUT2D eigenvalue weighted by Gasteiger charge is -2.34. The van der Waals surface area contributed by atoms with Crippen molar-refractivity contribution in [2.75, 3.05) is 0 Å². The van der Waals surface area contributed by atoms with Crippen molar-refractivity contribution in [1.82, 2.24) is 4.72 Å². The molecule has 1 saturated carbocycles. The van der Waals surface area contributed by atoms with E-state index in [1.54, 1.807) is 18.2 Å². The van der Waals surface area contributed by atoms with Gasteiger partial charge in [0, 0.05) is 12.1 Å². The maximum absolute atomic E-state index is 12.5. The number of benzene rings is 1. The molecule has 118 valence electrons. The number of hydrogen-bond acceptors (Lipinski definition) is 3. The first-order chi connectivity index (χ1) is 9.70. The fourth-order valence-corrected chi connectivity index (χ4v) is 4.13. The van der Waals surface area contributed by atoms with Gasteiger partial charge in [0.1, 0.15) is 0 Å². The molecule has 0 heterocycles. The molecular formula is C16H26N2O2S. The molecule has 0 radical (unpaired) electrons. The van der Waals surface area contributed by atoms with Gasteiger partial charge in [0.05, 0.1) is 4.90 Å². The van der Waals surface area contributed by atoms with Gasteiger partial charge >= 0.3 is 0 Å². The Bertz CT molecular complexity index is 584. The maximum Gasteiger partial charge on any atom is 0.240 e. The minimum Gasteiger partial charge on any atom is -0.324 e. The first-order valence-electron chi connectivity index (χ1n) is 7.57. The summed E-state index contributed by atoms with van der Waals surface area (Å²) in [6.45, 7) is 6.33. The van der Waals surface area contributed by atoms with Gasteiger partial charge in [0.15, 0.2) is 0 Å². The zero-order valence-electron chi connectivity index (χ0n) is 13.1. The van der Waals surface area contributed by atoms with Crippen molar-refractivity contribution in [3.63, 3.8) is 0 Å². The van der Waals surface area contributed by atoms with Crippen LogP contribution < -0.4 is 10.5 Å². The van der Waals surface area contributed by atoms with Crippen molar-refractivity contribution < 1.29 is 8.42 Å². The molecule has 2 rings (SSSR count). The Labute approximate surface area is 128 Å². The average Bonchev–Trinajstić information content (AvgIpc) is 2.41. The molecule has 0 saturated heterocycles. The van der Waals surface area contributed by atoms with Crippen LogP contribution in [0.25, 0.3) is 0 Å². The van der Waals surface area contributed by atoms with Crippen LogP contribution in [0.3, 0.4) is 0 Å². The summed E-state index contributed by atoms with van der Waals surface area (Å²) in [5, 5.41) is 0. The van der Waals surface area contributed by atoms with E-state index in [9.17, 15) is 8.42 Å². The van der Waals surface area contributed by atoms with E-state index in [1.165, 1.54) is 0 Å². The number of hydrogen-bond donors (Lipinski definition) is 2. The molecule has 3 N–H and O–H groups in total. The van der Waals surface area contributed by atoms with Crippen molar-refractivity contribution >= 4 is 10.0 Å². The molecule has 1 unspecified atom stereocenters. The summed E-state index contributed by atoms with van der Waals surface area (Å²) in [6, 6.07) is 6.77. The molecule has 0 amide bonds. The highest BCUT2D eigenvalue weighted by Crippen LogP contribution is 2.35. The quantitative estimate of drug-likeness (QED) is 0.898. The Balaban J connectivity index is 2.10. The highest BCUT2D eigenvalue weighted by Gasteiger charge is 2.29. The summed E-state index contributed by atoms with van der Waals surface area (Å²) in [5.74, 6) is 0. The molecule has 1 aromatic rings. The van der Waals surface area contributed by atoms with Gasteiger partial charge in [0.25, 0.3) is 0 Å². The molecule has 0 aliphatic heterocycles. The van der Waals surface area contributed by atoms with Crippen LogP contribution in [0.2, 0.25) is 0 Å². The summed E-state index contributed by atoms with van der Waals surface area (Å²) in [7, 11) is -3.46. The molecule has 1 aromatic carbocycles. The van der Waals surface area contributed by atoms with Crippen molar-refractivity contribution in [1.29, 1.82) is 0 Å². The predicted molar refractivity (Wildman–Crippen MR) is 85.4 cm³/mol. The average molecular weight is 310 g/mol. The van der Waals surface area contributed by atoms with Crippen LogP contribution in [0.5, 0.6) is 0 Å². The highest BCUT2D eigenvalue weighted by molar-refractivity contribution is 7.89. The molecule has 0 aromatic heterocycles. The van der Waals surface area contributed by atoms with E-state index >= 15 is 0 Å². The summed E-state index contributed by atoms with van der Waals surface area (Å²) >= 11 is 0. The maximum atomic E-state index is 12.5. The fourth-order valence-electron chi connectivity index (χ4n) is 2.77. The second kappa shape index (κ2) is 6.07. The zero-order chi connectivity index (χ0) is 15.7. The van der Waals surface area contributed by atoms with E-state index < -0.39 is 10.0 Å². The first-order valence-corrected chi connectivity index (χ1v) is 9.06. The topological polar surface area (TPSA) is 72.2 Å². The van der Waals surface area contributed by atoms with E-state index in [4.69, 9.17) is 5.73 Å². The Kier molecular flexibility index (Phi) is 4.76. The van der Waals surface area contributed by atoms with Crippen molar-refractivity contribution in [2.45, 2.75) is 63.4 Å². The second-order valence-electron chi connectivity index (χ2n) is 6.92. The smallest absolute Gasteiger partial charge is 0.240 e. The summed E-state index contributed by atoms with van der Waals surface area (Å²) in [5.41, 5.74) is 6.99. The molecule has 1 atom stereocenters. The molecule has 1 aliphatic rings. The lowest BCUT2D eigenvalue weighted by Crippen LogP contribution is -2.39. The fraction of sp³-hybridized carbons (Fsp3) is 0.625. The van der Waals surface area contributed by atoms with Crippen molar-refractivity contribution in [3.8, 4) is 0 Å². The third kappa shape index (κ3) is 4.28. The lowest BCUT2D eigenvalue weighted by atomic mass is 9.76. The van der Waals surface area contributed by atoms with Gasteiger partial charge in [-0.25, -0.2) is 13.1 Å². The van der Waals surface area contributed by atoms with E-state index in [2.05, 4.69) is 18.6 Å². The highest BCUT2D eigenvalue weighted by atomic mass is 32.2. The second-order valence-corrected chi connectivity index (χ2v) is 8.63. The largest absolute Gasteiger partial charge is 0.324 e.